The molecule has 2 heterocycles. The molecule has 2 fully saturated rings. The van der Waals surface area contributed by atoms with Gasteiger partial charge in [0.1, 0.15) is 11.9 Å². The van der Waals surface area contributed by atoms with E-state index in [2.05, 4.69) is 10.6 Å². The van der Waals surface area contributed by atoms with Crippen molar-refractivity contribution in [2.24, 2.45) is 5.41 Å². The molecule has 0 aromatic heterocycles. The molecule has 3 rings (SSSR count). The Morgan fingerprint density at radius 1 is 1.29 bits per heavy atom. The average Bonchev–Trinajstić information content (AvgIpc) is 2.60. The molecule has 0 spiro atoms. The van der Waals surface area contributed by atoms with Crippen molar-refractivity contribution in [3.63, 3.8) is 0 Å². The fourth-order valence-corrected chi connectivity index (χ4v) is 3.46. The number of hydrogen-bond acceptors (Lipinski definition) is 3. The molecule has 0 saturated carbocycles. The third kappa shape index (κ3) is 3.75. The average molecular weight is 334 g/mol. The van der Waals surface area contributed by atoms with Gasteiger partial charge in [-0.05, 0) is 49.8 Å². The Hall–Kier alpha value is -1.95. The molecule has 1 aromatic carbocycles. The first-order valence-electron chi connectivity index (χ1n) is 8.50. The van der Waals surface area contributed by atoms with Crippen molar-refractivity contribution in [3.05, 3.63) is 35.6 Å². The SMILES string of the molecule is O=C1NCCC[C@@H]1NC(=O)C1(Cc2ccc(F)cc2)CCOCC1. The van der Waals surface area contributed by atoms with Gasteiger partial charge in [0.25, 0.3) is 0 Å². The Morgan fingerprint density at radius 2 is 2.00 bits per heavy atom. The summed E-state index contributed by atoms with van der Waals surface area (Å²) in [6.07, 6.45) is 3.26. The molecule has 24 heavy (non-hydrogen) atoms. The van der Waals surface area contributed by atoms with Crippen molar-refractivity contribution in [1.82, 2.24) is 10.6 Å². The van der Waals surface area contributed by atoms with Gasteiger partial charge in [-0.1, -0.05) is 12.1 Å². The Bertz CT molecular complexity index is 597. The van der Waals surface area contributed by atoms with Crippen LogP contribution in [0.3, 0.4) is 0 Å². The van der Waals surface area contributed by atoms with Crippen molar-refractivity contribution in [1.29, 1.82) is 0 Å². The molecule has 2 amide bonds. The number of benzene rings is 1. The van der Waals surface area contributed by atoms with Crippen LogP contribution in [0.5, 0.6) is 0 Å². The standard InChI is InChI=1S/C18H23FN2O3/c19-14-5-3-13(4-6-14)12-18(7-10-24-11-8-18)17(23)21-15-2-1-9-20-16(15)22/h3-6,15H,1-2,7-12H2,(H,20,22)(H,21,23)/t15-/m0/s1. The first kappa shape index (κ1) is 16.9. The molecule has 2 aliphatic rings. The van der Waals surface area contributed by atoms with E-state index in [4.69, 9.17) is 4.74 Å². The lowest BCUT2D eigenvalue weighted by Gasteiger charge is -2.37. The smallest absolute Gasteiger partial charge is 0.242 e. The second-order valence-corrected chi connectivity index (χ2v) is 6.66. The van der Waals surface area contributed by atoms with Gasteiger partial charge < -0.3 is 15.4 Å². The summed E-state index contributed by atoms with van der Waals surface area (Å²) < 4.78 is 18.6. The van der Waals surface area contributed by atoms with E-state index in [9.17, 15) is 14.0 Å². The zero-order valence-corrected chi connectivity index (χ0v) is 13.6. The highest BCUT2D eigenvalue weighted by atomic mass is 19.1. The normalized spacial score (nSPS) is 23.4. The molecule has 0 radical (unpaired) electrons. The molecule has 1 aromatic rings. The number of ether oxygens (including phenoxy) is 1. The molecule has 0 unspecified atom stereocenters. The zero-order valence-electron chi connectivity index (χ0n) is 13.6. The van der Waals surface area contributed by atoms with Crippen molar-refractivity contribution >= 4 is 11.8 Å². The van der Waals surface area contributed by atoms with E-state index < -0.39 is 11.5 Å². The van der Waals surface area contributed by atoms with Gasteiger partial charge in [0.2, 0.25) is 11.8 Å². The van der Waals surface area contributed by atoms with Crippen LogP contribution >= 0.6 is 0 Å². The minimum absolute atomic E-state index is 0.0998. The van der Waals surface area contributed by atoms with Crippen molar-refractivity contribution in [2.75, 3.05) is 19.8 Å². The van der Waals surface area contributed by atoms with E-state index >= 15 is 0 Å². The molecule has 0 bridgehead atoms. The predicted molar refractivity (Wildman–Crippen MR) is 86.8 cm³/mol. The van der Waals surface area contributed by atoms with Crippen molar-refractivity contribution in [2.45, 2.75) is 38.1 Å². The van der Waals surface area contributed by atoms with Crippen LogP contribution in [0.2, 0.25) is 0 Å². The fraction of sp³-hybridized carbons (Fsp3) is 0.556. The highest BCUT2D eigenvalue weighted by Gasteiger charge is 2.41. The summed E-state index contributed by atoms with van der Waals surface area (Å²) in [5, 5.41) is 5.72. The molecular formula is C18H23FN2O3. The van der Waals surface area contributed by atoms with E-state index in [1.54, 1.807) is 12.1 Å². The number of carbonyl (C=O) groups excluding carboxylic acids is 2. The van der Waals surface area contributed by atoms with Gasteiger partial charge in [0.05, 0.1) is 5.41 Å². The number of nitrogens with one attached hydrogen (secondary N) is 2. The van der Waals surface area contributed by atoms with Crippen LogP contribution in [0.25, 0.3) is 0 Å². The minimum Gasteiger partial charge on any atom is -0.381 e. The third-order valence-electron chi connectivity index (χ3n) is 4.98. The number of hydrogen-bond donors (Lipinski definition) is 2. The van der Waals surface area contributed by atoms with E-state index in [0.717, 1.165) is 12.0 Å². The van der Waals surface area contributed by atoms with Crippen LogP contribution in [0.15, 0.2) is 24.3 Å². The van der Waals surface area contributed by atoms with Gasteiger partial charge in [-0.3, -0.25) is 9.59 Å². The number of piperidine rings is 1. The van der Waals surface area contributed by atoms with Crippen LogP contribution in [0.1, 0.15) is 31.2 Å². The maximum Gasteiger partial charge on any atom is 0.242 e. The summed E-state index contributed by atoms with van der Waals surface area (Å²) in [7, 11) is 0. The predicted octanol–water partition coefficient (Wildman–Crippen LogP) is 1.56. The molecule has 130 valence electrons. The summed E-state index contributed by atoms with van der Waals surface area (Å²) in [4.78, 5) is 24.9. The van der Waals surface area contributed by atoms with Crippen LogP contribution in [0.4, 0.5) is 4.39 Å². The van der Waals surface area contributed by atoms with Gasteiger partial charge in [-0.25, -0.2) is 4.39 Å². The quantitative estimate of drug-likeness (QED) is 0.878. The minimum atomic E-state index is -0.603. The van der Waals surface area contributed by atoms with Crippen LogP contribution < -0.4 is 10.6 Å². The third-order valence-corrected chi connectivity index (χ3v) is 4.98. The second kappa shape index (κ2) is 7.30. The summed E-state index contributed by atoms with van der Waals surface area (Å²) in [6, 6.07) is 5.79. The van der Waals surface area contributed by atoms with Gasteiger partial charge >= 0.3 is 0 Å². The summed E-state index contributed by atoms with van der Waals surface area (Å²) >= 11 is 0. The second-order valence-electron chi connectivity index (χ2n) is 6.66. The van der Waals surface area contributed by atoms with Gasteiger partial charge in [-0.2, -0.15) is 0 Å². The first-order chi connectivity index (χ1) is 11.6. The highest BCUT2D eigenvalue weighted by Crippen LogP contribution is 2.35. The van der Waals surface area contributed by atoms with E-state index in [1.165, 1.54) is 12.1 Å². The van der Waals surface area contributed by atoms with Crippen molar-refractivity contribution in [3.8, 4) is 0 Å². The van der Waals surface area contributed by atoms with Gasteiger partial charge in [-0.15, -0.1) is 0 Å². The zero-order chi connectivity index (χ0) is 17.0. The lowest BCUT2D eigenvalue weighted by atomic mass is 9.74. The summed E-state index contributed by atoms with van der Waals surface area (Å²) in [5.41, 5.74) is 0.315. The lowest BCUT2D eigenvalue weighted by Crippen LogP contribution is -2.55. The molecule has 6 heteroatoms. The van der Waals surface area contributed by atoms with Crippen LogP contribution in [-0.4, -0.2) is 37.6 Å². The largest absolute Gasteiger partial charge is 0.381 e. The fourth-order valence-electron chi connectivity index (χ4n) is 3.46. The Kier molecular flexibility index (Phi) is 5.14. The molecule has 0 aliphatic carbocycles. The molecule has 2 N–H and O–H groups in total. The maximum atomic E-state index is 13.1. The molecular weight excluding hydrogens is 311 g/mol. The molecule has 5 nitrogen and oxygen atoms in total. The Balaban J connectivity index is 1.75. The van der Waals surface area contributed by atoms with E-state index in [0.29, 0.717) is 45.4 Å². The van der Waals surface area contributed by atoms with Crippen molar-refractivity contribution < 1.29 is 18.7 Å². The Morgan fingerprint density at radius 3 is 2.67 bits per heavy atom. The number of rotatable bonds is 4. The first-order valence-corrected chi connectivity index (χ1v) is 8.50. The monoisotopic (exact) mass is 334 g/mol. The highest BCUT2D eigenvalue weighted by molar-refractivity contribution is 5.90. The van der Waals surface area contributed by atoms with Crippen LogP contribution in [-0.2, 0) is 20.7 Å². The maximum absolute atomic E-state index is 13.1. The summed E-state index contributed by atoms with van der Waals surface area (Å²) in [5.74, 6) is -0.501. The summed E-state index contributed by atoms with van der Waals surface area (Å²) in [6.45, 7) is 1.71. The Labute approximate surface area is 141 Å². The number of carbonyl (C=O) groups is 2. The van der Waals surface area contributed by atoms with Crippen LogP contribution in [0, 0.1) is 11.2 Å². The van der Waals surface area contributed by atoms with Gasteiger partial charge in [0.15, 0.2) is 0 Å². The number of amides is 2. The van der Waals surface area contributed by atoms with E-state index in [-0.39, 0.29) is 17.6 Å². The molecule has 2 aliphatic heterocycles. The topological polar surface area (TPSA) is 67.4 Å². The van der Waals surface area contributed by atoms with Gasteiger partial charge in [0, 0.05) is 19.8 Å². The number of halogens is 1. The lowest BCUT2D eigenvalue weighted by molar-refractivity contribution is -0.140. The molecule has 2 saturated heterocycles. The van der Waals surface area contributed by atoms with E-state index in [1.807, 2.05) is 0 Å². The molecule has 1 atom stereocenters.